The van der Waals surface area contributed by atoms with Crippen LogP contribution in [-0.2, 0) is 4.79 Å². The molecule has 0 aliphatic heterocycles. The number of rotatable bonds is 16. The topological polar surface area (TPSA) is 17.1 Å². The zero-order chi connectivity index (χ0) is 46.1. The van der Waals surface area contributed by atoms with Crippen molar-refractivity contribution in [3.63, 3.8) is 0 Å². The van der Waals surface area contributed by atoms with Crippen molar-refractivity contribution in [3.8, 4) is 0 Å². The molecule has 0 saturated carbocycles. The summed E-state index contributed by atoms with van der Waals surface area (Å²) in [4.78, 5) is 16.7. The van der Waals surface area contributed by atoms with Crippen molar-refractivity contribution in [1.29, 1.82) is 0 Å². The Labute approximate surface area is 409 Å². The molecule has 2 unspecified atom stereocenters. The average Bonchev–Trinajstić information content (AvgIpc) is 3.37. The summed E-state index contributed by atoms with van der Waals surface area (Å²) in [6, 6.07) is 77.8. The van der Waals surface area contributed by atoms with Gasteiger partial charge in [-0.05, 0) is 0 Å². The molecule has 8 aromatic rings. The summed E-state index contributed by atoms with van der Waals surface area (Å²) in [5, 5.41) is 9.40. The maximum absolute atomic E-state index is 16.7. The zero-order valence-corrected chi connectivity index (χ0v) is 42.6. The summed E-state index contributed by atoms with van der Waals surface area (Å²) in [6.07, 6.45) is 0.845. The molecule has 0 aliphatic carbocycles. The summed E-state index contributed by atoms with van der Waals surface area (Å²) in [7, 11) is -6.19. The van der Waals surface area contributed by atoms with Gasteiger partial charge in [-0.25, -0.2) is 0 Å². The summed E-state index contributed by atoms with van der Waals surface area (Å²) in [5.74, 6) is -0.997. The van der Waals surface area contributed by atoms with Gasteiger partial charge in [0.2, 0.25) is 0 Å². The van der Waals surface area contributed by atoms with Crippen LogP contribution in [0.3, 0.4) is 0 Å². The predicted molar refractivity (Wildman–Crippen MR) is 296 cm³/mol. The Morgan fingerprint density at radius 1 is 0.424 bits per heavy atom. The Morgan fingerprint density at radius 3 is 0.879 bits per heavy atom. The second-order valence-corrected chi connectivity index (χ2v) is 26.3. The molecule has 8 rings (SSSR count). The molecule has 0 aliphatic rings. The third-order valence-electron chi connectivity index (χ3n) is 13.2. The van der Waals surface area contributed by atoms with E-state index in [-0.39, 0.29) is 5.78 Å². The van der Waals surface area contributed by atoms with Crippen LogP contribution in [0.25, 0.3) is 0 Å². The fraction of sp³-hybridized carbons (Fsp3) is 0.0984. The van der Waals surface area contributed by atoms with Gasteiger partial charge in [0.1, 0.15) is 0 Å². The molecule has 0 bridgehead atoms. The number of benzene rings is 8. The van der Waals surface area contributed by atoms with Gasteiger partial charge in [-0.1, -0.05) is 0 Å². The number of allylic oxidation sites excluding steroid dienone is 2. The van der Waals surface area contributed by atoms with E-state index in [4.69, 9.17) is 0 Å². The van der Waals surface area contributed by atoms with E-state index in [1.165, 1.54) is 31.8 Å². The van der Waals surface area contributed by atoms with Crippen molar-refractivity contribution >= 4 is 84.0 Å². The molecule has 328 valence electrons. The third kappa shape index (κ3) is 9.19. The SMILES string of the molecule is C=C=C(CC(C(=O)C(CC(=C=C)[PH](c1ccccc1)(c1ccccc1)c1ccccc1)c1ccc(Br)c(C)c1)c1ccc(Br)c(C)c1)[PH](c1ccccc1)(c1ccccc1)c1ccccc1. The van der Waals surface area contributed by atoms with Gasteiger partial charge in [0.25, 0.3) is 0 Å². The number of hydrogen-bond donors (Lipinski definition) is 0. The first-order chi connectivity index (χ1) is 32.2. The number of halogens is 2. The molecule has 0 heterocycles. The molecule has 1 nitrogen and oxygen atoms in total. The van der Waals surface area contributed by atoms with Gasteiger partial charge < -0.3 is 0 Å². The van der Waals surface area contributed by atoms with E-state index in [0.717, 1.165) is 41.8 Å². The minimum atomic E-state index is -3.10. The number of carbonyl (C=O) groups is 1. The van der Waals surface area contributed by atoms with Crippen molar-refractivity contribution in [2.45, 2.75) is 38.5 Å². The first-order valence-corrected chi connectivity index (χ1v) is 28.0. The van der Waals surface area contributed by atoms with Crippen LogP contribution in [0.4, 0.5) is 0 Å². The monoisotopic (exact) mass is 1020 g/mol. The summed E-state index contributed by atoms with van der Waals surface area (Å²) in [6.45, 7) is 13.2. The molecule has 0 fully saturated rings. The minimum absolute atomic E-state index is 0.133. The quantitative estimate of drug-likeness (QED) is 0.0696. The summed E-state index contributed by atoms with van der Waals surface area (Å²) < 4.78 is 2.00. The third-order valence-corrected chi connectivity index (χ3v) is 24.8. The second-order valence-electron chi connectivity index (χ2n) is 16.9. The van der Waals surface area contributed by atoms with Gasteiger partial charge >= 0.3 is 412 Å². The van der Waals surface area contributed by atoms with Gasteiger partial charge in [-0.2, -0.15) is 0 Å². The molecule has 0 radical (unpaired) electrons. The van der Waals surface area contributed by atoms with Gasteiger partial charge in [0, 0.05) is 0 Å². The average molecular weight is 1020 g/mol. The predicted octanol–water partition coefficient (Wildman–Crippen LogP) is 13.8. The second kappa shape index (κ2) is 21.3. The van der Waals surface area contributed by atoms with Crippen LogP contribution < -0.4 is 31.8 Å². The van der Waals surface area contributed by atoms with E-state index in [9.17, 15) is 0 Å². The van der Waals surface area contributed by atoms with Crippen molar-refractivity contribution in [2.75, 3.05) is 0 Å². The van der Waals surface area contributed by atoms with Crippen LogP contribution >= 0.6 is 46.4 Å². The Bertz CT molecular complexity index is 2630. The first-order valence-electron chi connectivity index (χ1n) is 22.4. The normalized spacial score (nSPS) is 12.8. The van der Waals surface area contributed by atoms with E-state index < -0.39 is 26.4 Å². The van der Waals surface area contributed by atoms with E-state index in [1.807, 2.05) is 0 Å². The molecule has 0 aromatic heterocycles. The molecule has 66 heavy (non-hydrogen) atoms. The maximum atomic E-state index is 16.7. The molecule has 0 saturated heterocycles. The number of hydrogen-bond acceptors (Lipinski definition) is 1. The fourth-order valence-corrected chi connectivity index (χ4v) is 20.4. The Hall–Kier alpha value is -5.71. The molecule has 8 aromatic carbocycles. The van der Waals surface area contributed by atoms with E-state index in [0.29, 0.717) is 12.8 Å². The van der Waals surface area contributed by atoms with E-state index in [1.54, 1.807) is 0 Å². The summed E-state index contributed by atoms with van der Waals surface area (Å²) in [5.41, 5.74) is 11.3. The number of Topliss-reactive ketones (excluding diaryl/α,β-unsaturated/α-hetero) is 1. The molecular weight excluding hydrogens is 970 g/mol. The van der Waals surface area contributed by atoms with Crippen molar-refractivity contribution in [1.82, 2.24) is 0 Å². The van der Waals surface area contributed by atoms with E-state index >= 15 is 4.79 Å². The summed E-state index contributed by atoms with van der Waals surface area (Å²) >= 11 is 7.58. The standard InChI is InChI=1S/C61H54Br2OP2/c1-5-49(65(51-25-13-7-14-26-51,52-27-15-8-16-28-52)53-29-17-9-18-30-53)43-57(47-37-39-59(62)45(3)41-47)61(64)58(48-38-40-60(63)46(4)42-48)44-50(6-2)66(54-31-19-10-20-32-54,55-33-21-11-22-34-55)56-35-23-12-24-36-56/h7-42,57-58,65-66H,1-2,43-44H2,3-4H3. The molecule has 2 atom stereocenters. The molecule has 0 N–H and O–H groups in total. The van der Waals surface area contributed by atoms with E-state index in [2.05, 4.69) is 289 Å². The van der Waals surface area contributed by atoms with Crippen LogP contribution in [0.5, 0.6) is 0 Å². The van der Waals surface area contributed by atoms with Crippen molar-refractivity contribution < 1.29 is 4.79 Å². The Balaban J connectivity index is 1.38. The zero-order valence-electron chi connectivity index (χ0n) is 37.4. The van der Waals surface area contributed by atoms with Gasteiger partial charge in [0.15, 0.2) is 0 Å². The van der Waals surface area contributed by atoms with Crippen LogP contribution in [-0.4, -0.2) is 5.78 Å². The van der Waals surface area contributed by atoms with Gasteiger partial charge in [-0.3, -0.25) is 0 Å². The van der Waals surface area contributed by atoms with Crippen molar-refractivity contribution in [2.24, 2.45) is 0 Å². The Morgan fingerprint density at radius 2 is 0.667 bits per heavy atom. The van der Waals surface area contributed by atoms with Crippen LogP contribution in [0.1, 0.15) is 46.9 Å². The van der Waals surface area contributed by atoms with Crippen molar-refractivity contribution in [3.05, 3.63) is 285 Å². The molecule has 0 spiro atoms. The van der Waals surface area contributed by atoms with Gasteiger partial charge in [-0.15, -0.1) is 0 Å². The number of ketones is 1. The van der Waals surface area contributed by atoms with Crippen LogP contribution in [0.2, 0.25) is 0 Å². The Kier molecular flexibility index (Phi) is 15.1. The van der Waals surface area contributed by atoms with Gasteiger partial charge in [0.05, 0.1) is 0 Å². The number of carbonyl (C=O) groups excluding carboxylic acids is 1. The van der Waals surface area contributed by atoms with Crippen LogP contribution in [0, 0.1) is 13.8 Å². The molecule has 0 amide bonds. The fourth-order valence-electron chi connectivity index (χ4n) is 10.1. The molecular formula is C61H54Br2OP2. The first kappa shape index (κ1) is 46.8. The number of aryl methyl sites for hydroxylation is 2. The molecule has 5 heteroatoms. The van der Waals surface area contributed by atoms with Crippen LogP contribution in [0.15, 0.2) is 263 Å².